The number of alkyl halides is 6. The topological polar surface area (TPSA) is 59.5 Å². The number of hydrogen-bond donors (Lipinski definition) is 4. The molecule has 0 aliphatic rings. The van der Waals surface area contributed by atoms with E-state index in [1.807, 2.05) is 0 Å². The Kier molecular flexibility index (Phi) is 14.9. The van der Waals surface area contributed by atoms with Crippen LogP contribution in [0.1, 0.15) is 11.4 Å². The van der Waals surface area contributed by atoms with E-state index in [0.717, 1.165) is 0 Å². The highest BCUT2D eigenvalue weighted by Crippen LogP contribution is 2.29. The van der Waals surface area contributed by atoms with Gasteiger partial charge in [-0.2, -0.15) is 26.3 Å². The molecule has 4 N–H and O–H groups in total. The number of aromatic nitrogens is 2. The molecule has 34 heteroatoms. The molecule has 376 valence electrons. The molecule has 0 radical (unpaired) electrons. The number of aromatic amines is 2. The van der Waals surface area contributed by atoms with Gasteiger partial charge in [-0.15, -0.1) is 0 Å². The summed E-state index contributed by atoms with van der Waals surface area (Å²) in [4.78, 5) is 6.07. The number of hydrogen-bond acceptors (Lipinski definition) is 0. The van der Waals surface area contributed by atoms with Gasteiger partial charge in [0.05, 0.1) is 0 Å². The van der Waals surface area contributed by atoms with Crippen LogP contribution in [0.4, 0.5) is 114 Å². The van der Waals surface area contributed by atoms with Gasteiger partial charge in [-0.05, 0) is 12.1 Å². The first-order chi connectivity index (χ1) is 32.1. The standard InChI is InChI=1S/2C18H5BClF13N2/c2*20-19(6-8(21)12(25)16(29)13(26)9(6)22,7-10(23)14(27)17(30)15(28)11(7)24)35-5-3-1-2-4(34-5)18(31,32)33/h2*1-3,34-35H/b2*35-5-. The van der Waals surface area contributed by atoms with Crippen molar-refractivity contribution in [2.24, 2.45) is 0 Å². The monoisotopic (exact) mass is 1080 g/mol. The van der Waals surface area contributed by atoms with E-state index in [9.17, 15) is 114 Å². The van der Waals surface area contributed by atoms with Crippen LogP contribution in [0.2, 0.25) is 0 Å². The molecule has 6 aromatic rings. The van der Waals surface area contributed by atoms with Crippen molar-refractivity contribution >= 4 is 56.2 Å². The summed E-state index contributed by atoms with van der Waals surface area (Å²) < 4.78 is 359. The molecular weight excluding hydrogens is 1070 g/mol. The van der Waals surface area contributed by atoms with Crippen molar-refractivity contribution in [3.05, 3.63) is 175 Å². The number of rotatable bonds is 6. The van der Waals surface area contributed by atoms with Crippen molar-refractivity contribution in [3.63, 3.8) is 0 Å². The third-order valence-electron chi connectivity index (χ3n) is 9.48. The van der Waals surface area contributed by atoms with E-state index >= 15 is 0 Å². The molecule has 0 spiro atoms. The Bertz CT molecular complexity index is 2790. The van der Waals surface area contributed by atoms with Crippen LogP contribution in [0.5, 0.6) is 0 Å². The number of H-pyrrole nitrogens is 2. The molecule has 6 rings (SSSR count). The highest BCUT2D eigenvalue weighted by molar-refractivity contribution is 7.29. The van der Waals surface area contributed by atoms with Crippen LogP contribution >= 0.6 is 22.9 Å². The maximum atomic E-state index is 14.6. The minimum atomic E-state index is -5.13. The molecule has 4 nitrogen and oxygen atoms in total. The van der Waals surface area contributed by atoms with E-state index in [2.05, 4.69) is 0 Å². The lowest BCUT2D eigenvalue weighted by atomic mass is 9.48. The van der Waals surface area contributed by atoms with Gasteiger partial charge in [0.2, 0.25) is 22.4 Å². The maximum Gasteiger partial charge on any atom is 0.453 e. The predicted octanol–water partition coefficient (Wildman–Crippen LogP) is 5.80. The van der Waals surface area contributed by atoms with Gasteiger partial charge in [0.15, 0.2) is 69.8 Å². The zero-order valence-electron chi connectivity index (χ0n) is 32.2. The summed E-state index contributed by atoms with van der Waals surface area (Å²) in [6.45, 7) is 0. The van der Waals surface area contributed by atoms with E-state index in [-0.39, 0.29) is 0 Å². The van der Waals surface area contributed by atoms with Crippen LogP contribution in [0.15, 0.2) is 36.4 Å². The molecule has 0 unspecified atom stereocenters. The second-order valence-electron chi connectivity index (χ2n) is 13.7. The second kappa shape index (κ2) is 19.1. The Balaban J connectivity index is 0.000000261. The summed E-state index contributed by atoms with van der Waals surface area (Å²) in [5, 5.41) is 0. The second-order valence-corrected chi connectivity index (χ2v) is 15.0. The van der Waals surface area contributed by atoms with Gasteiger partial charge >= 0.3 is 23.7 Å². The molecular formula is C36H10B2Cl2F26N4. The molecule has 0 bridgehead atoms. The zero-order valence-corrected chi connectivity index (χ0v) is 33.7. The lowest BCUT2D eigenvalue weighted by Gasteiger charge is -2.30. The van der Waals surface area contributed by atoms with Crippen LogP contribution < -0.4 is 42.6 Å². The highest BCUT2D eigenvalue weighted by Gasteiger charge is 2.47. The molecule has 2 heterocycles. The molecule has 0 amide bonds. The van der Waals surface area contributed by atoms with Gasteiger partial charge in [-0.1, -0.05) is 34.0 Å². The molecule has 70 heavy (non-hydrogen) atoms. The lowest BCUT2D eigenvalue weighted by molar-refractivity contribution is -0.351. The summed E-state index contributed by atoms with van der Waals surface area (Å²) in [5.41, 5.74) is -24.8. The Hall–Kier alpha value is -6.33. The fraction of sp³-hybridized carbons (Fsp3) is 0.0556. The third-order valence-corrected chi connectivity index (χ3v) is 10.6. The maximum absolute atomic E-state index is 14.6. The first-order valence-corrected chi connectivity index (χ1v) is 18.4. The van der Waals surface area contributed by atoms with Crippen molar-refractivity contribution in [1.29, 1.82) is 0 Å². The first kappa shape index (κ1) is 54.6. The van der Waals surface area contributed by atoms with Crippen LogP contribution in [0.3, 0.4) is 0 Å². The zero-order chi connectivity index (χ0) is 53.2. The van der Waals surface area contributed by atoms with Gasteiger partial charge in [-0.25, -0.2) is 97.8 Å². The summed E-state index contributed by atoms with van der Waals surface area (Å²) in [6, 6.07) is 3.17. The number of nitrogens with one attached hydrogen (secondary N) is 4. The van der Waals surface area contributed by atoms with Crippen LogP contribution in [0.25, 0.3) is 0 Å². The fourth-order valence-electron chi connectivity index (χ4n) is 6.33. The van der Waals surface area contributed by atoms with Crippen molar-refractivity contribution in [3.8, 4) is 0 Å². The SMILES string of the molecule is Fc1c(F)c(F)c([B-](Cl)(/[NH+]=c2/cccc(C(F)(F)F)[nH]2)c2c(F)c(F)c(F)c(F)c2F)c(F)c1F.Fc1c(F)c(F)c([B-](Cl)(/[NH+]=c2/cccc(C(F)(F)F)[nH]2)c2c(F)c(F)c(F)c(F)c2F)c(F)c1F. The van der Waals surface area contributed by atoms with Gasteiger partial charge in [0.25, 0.3) is 0 Å². The van der Waals surface area contributed by atoms with Crippen LogP contribution in [-0.2, 0) is 12.4 Å². The third kappa shape index (κ3) is 9.37. The largest absolute Gasteiger partial charge is 0.453 e. The van der Waals surface area contributed by atoms with E-state index in [4.69, 9.17) is 22.9 Å². The molecule has 0 aliphatic heterocycles. The first-order valence-electron chi connectivity index (χ1n) is 17.6. The summed E-state index contributed by atoms with van der Waals surface area (Å²) in [6.07, 6.45) is -10.3. The molecule has 2 aromatic heterocycles. The van der Waals surface area contributed by atoms with Gasteiger partial charge < -0.3 is 32.7 Å². The van der Waals surface area contributed by atoms with E-state index in [0.29, 0.717) is 36.4 Å². The number of pyridine rings is 2. The predicted molar refractivity (Wildman–Crippen MR) is 186 cm³/mol. The quantitative estimate of drug-likeness (QED) is 0.0707. The van der Waals surface area contributed by atoms with E-state index in [1.54, 1.807) is 0 Å². The minimum absolute atomic E-state index is 0.394. The molecule has 0 fully saturated rings. The smallest absolute Gasteiger partial charge is 0.448 e. The Morgan fingerprint density at radius 1 is 0.300 bits per heavy atom. The van der Waals surface area contributed by atoms with E-state index < -0.39 is 184 Å². The average Bonchev–Trinajstić information content (AvgIpc) is 3.28. The average molecular weight is 1080 g/mol. The Labute approximate surface area is 377 Å². The molecule has 0 saturated heterocycles. The normalized spacial score (nSPS) is 13.0. The molecule has 4 aromatic carbocycles. The van der Waals surface area contributed by atoms with Gasteiger partial charge in [0, 0.05) is 12.1 Å². The van der Waals surface area contributed by atoms with Crippen molar-refractivity contribution < 1.29 is 124 Å². The van der Waals surface area contributed by atoms with Crippen molar-refractivity contribution in [1.82, 2.24) is 9.97 Å². The minimum Gasteiger partial charge on any atom is -0.448 e. The molecule has 0 aliphatic carbocycles. The molecule has 0 saturated carbocycles. The van der Waals surface area contributed by atoms with Crippen LogP contribution in [-0.4, -0.2) is 21.4 Å². The van der Waals surface area contributed by atoms with Crippen molar-refractivity contribution in [2.75, 3.05) is 0 Å². The van der Waals surface area contributed by atoms with Gasteiger partial charge in [0.1, 0.15) is 46.5 Å². The van der Waals surface area contributed by atoms with Crippen LogP contribution in [0, 0.1) is 116 Å². The number of benzene rings is 4. The summed E-state index contributed by atoms with van der Waals surface area (Å²) in [7, 11) is 0. The lowest BCUT2D eigenvalue weighted by Crippen LogP contribution is -3.01. The summed E-state index contributed by atoms with van der Waals surface area (Å²) in [5.74, 6) is -55.9. The highest BCUT2D eigenvalue weighted by atomic mass is 35.5. The summed E-state index contributed by atoms with van der Waals surface area (Å²) >= 11 is 11.8. The van der Waals surface area contributed by atoms with Gasteiger partial charge in [-0.3, -0.25) is 0 Å². The molecule has 0 atom stereocenters. The van der Waals surface area contributed by atoms with Crippen molar-refractivity contribution in [2.45, 2.75) is 12.4 Å². The Morgan fingerprint density at radius 2 is 0.471 bits per heavy atom. The Morgan fingerprint density at radius 3 is 0.643 bits per heavy atom. The fourth-order valence-corrected chi connectivity index (χ4v) is 7.33. The number of halogens is 28. The van der Waals surface area contributed by atoms with E-state index in [1.165, 1.54) is 19.8 Å².